The van der Waals surface area contributed by atoms with E-state index in [0.717, 1.165) is 19.3 Å². The molecule has 0 aromatic rings. The summed E-state index contributed by atoms with van der Waals surface area (Å²) in [5.74, 6) is 0. The lowest BCUT2D eigenvalue weighted by Crippen LogP contribution is -2.54. The highest BCUT2D eigenvalue weighted by atomic mass is 16.5. The van der Waals surface area contributed by atoms with E-state index in [1.807, 2.05) is 13.8 Å². The van der Waals surface area contributed by atoms with Crippen molar-refractivity contribution in [1.29, 1.82) is 0 Å². The van der Waals surface area contributed by atoms with Crippen LogP contribution < -0.4 is 10.6 Å². The van der Waals surface area contributed by atoms with Crippen molar-refractivity contribution in [1.82, 2.24) is 10.6 Å². The van der Waals surface area contributed by atoms with Gasteiger partial charge in [0, 0.05) is 6.61 Å². The summed E-state index contributed by atoms with van der Waals surface area (Å²) in [4.78, 5) is 11.7. The number of hydrogen-bond acceptors (Lipinski definition) is 3. The molecule has 0 aliphatic carbocycles. The van der Waals surface area contributed by atoms with Crippen LogP contribution in [0.4, 0.5) is 4.79 Å². The monoisotopic (exact) mass is 230 g/mol. The fourth-order valence-electron chi connectivity index (χ4n) is 1.88. The number of ether oxygens (including phenoxy) is 1. The molecule has 1 heterocycles. The number of urea groups is 1. The Morgan fingerprint density at radius 1 is 1.62 bits per heavy atom. The molecule has 2 unspecified atom stereocenters. The molecule has 5 nitrogen and oxygen atoms in total. The van der Waals surface area contributed by atoms with E-state index in [-0.39, 0.29) is 18.7 Å². The maximum atomic E-state index is 11.7. The van der Waals surface area contributed by atoms with Crippen LogP contribution in [-0.2, 0) is 4.74 Å². The fraction of sp³-hybridized carbons (Fsp3) is 0.909. The van der Waals surface area contributed by atoms with Crippen LogP contribution in [0.5, 0.6) is 0 Å². The topological polar surface area (TPSA) is 70.6 Å². The van der Waals surface area contributed by atoms with Crippen molar-refractivity contribution < 1.29 is 14.6 Å². The molecule has 2 amide bonds. The third-order valence-corrected chi connectivity index (χ3v) is 2.83. The second kappa shape index (κ2) is 6.06. The third kappa shape index (κ3) is 3.98. The molecule has 16 heavy (non-hydrogen) atoms. The lowest BCUT2D eigenvalue weighted by atomic mass is 9.97. The Labute approximate surface area is 96.6 Å². The van der Waals surface area contributed by atoms with Crippen LogP contribution in [0.1, 0.15) is 33.1 Å². The number of aliphatic hydroxyl groups is 1. The summed E-state index contributed by atoms with van der Waals surface area (Å²) >= 11 is 0. The molecular weight excluding hydrogens is 208 g/mol. The van der Waals surface area contributed by atoms with E-state index >= 15 is 0 Å². The summed E-state index contributed by atoms with van der Waals surface area (Å²) in [6.45, 7) is 5.11. The average Bonchev–Trinajstić information content (AvgIpc) is 2.70. The SMILES string of the molecule is CCCC(C)(CO)NC(=O)NC1CCOC1. The Morgan fingerprint density at radius 3 is 2.88 bits per heavy atom. The molecule has 0 bridgehead atoms. The maximum absolute atomic E-state index is 11.7. The predicted octanol–water partition coefficient (Wildman–Crippen LogP) is 0.626. The molecule has 1 aliphatic rings. The zero-order valence-electron chi connectivity index (χ0n) is 10.1. The molecule has 3 N–H and O–H groups in total. The summed E-state index contributed by atoms with van der Waals surface area (Å²) < 4.78 is 5.17. The van der Waals surface area contributed by atoms with Crippen molar-refractivity contribution in [3.05, 3.63) is 0 Å². The van der Waals surface area contributed by atoms with Crippen molar-refractivity contribution in [3.8, 4) is 0 Å². The van der Waals surface area contributed by atoms with Crippen LogP contribution in [0.15, 0.2) is 0 Å². The second-order valence-electron chi connectivity index (χ2n) is 4.63. The molecule has 0 spiro atoms. The van der Waals surface area contributed by atoms with Gasteiger partial charge in [0.05, 0.1) is 24.8 Å². The maximum Gasteiger partial charge on any atom is 0.315 e. The highest BCUT2D eigenvalue weighted by Crippen LogP contribution is 2.11. The zero-order chi connectivity index (χ0) is 12.0. The molecule has 1 fully saturated rings. The summed E-state index contributed by atoms with van der Waals surface area (Å²) in [5, 5.41) is 14.9. The standard InChI is InChI=1S/C11H22N2O3/c1-3-5-11(2,8-14)13-10(15)12-9-4-6-16-7-9/h9,14H,3-8H2,1-2H3,(H2,12,13,15). The summed E-state index contributed by atoms with van der Waals surface area (Å²) in [6, 6.07) is -0.120. The molecule has 0 saturated carbocycles. The minimum atomic E-state index is -0.529. The lowest BCUT2D eigenvalue weighted by molar-refractivity contribution is 0.159. The Hall–Kier alpha value is -0.810. The third-order valence-electron chi connectivity index (χ3n) is 2.83. The summed E-state index contributed by atoms with van der Waals surface area (Å²) in [6.07, 6.45) is 2.54. The van der Waals surface area contributed by atoms with E-state index in [2.05, 4.69) is 10.6 Å². The first-order valence-electron chi connectivity index (χ1n) is 5.87. The van der Waals surface area contributed by atoms with Gasteiger partial charge in [0.2, 0.25) is 0 Å². The van der Waals surface area contributed by atoms with Gasteiger partial charge in [-0.05, 0) is 19.8 Å². The quantitative estimate of drug-likeness (QED) is 0.648. The van der Waals surface area contributed by atoms with Crippen molar-refractivity contribution in [3.63, 3.8) is 0 Å². The van der Waals surface area contributed by atoms with Crippen molar-refractivity contribution in [2.75, 3.05) is 19.8 Å². The molecule has 0 aromatic carbocycles. The Kier molecular flexibility index (Phi) is 5.02. The second-order valence-corrected chi connectivity index (χ2v) is 4.63. The molecule has 0 aromatic heterocycles. The molecule has 1 rings (SSSR count). The number of carbonyl (C=O) groups excluding carboxylic acids is 1. The average molecular weight is 230 g/mol. The molecule has 1 saturated heterocycles. The predicted molar refractivity (Wildman–Crippen MR) is 61.3 cm³/mol. The lowest BCUT2D eigenvalue weighted by Gasteiger charge is -2.29. The number of hydrogen-bond donors (Lipinski definition) is 3. The van der Waals surface area contributed by atoms with Gasteiger partial charge in [-0.25, -0.2) is 4.79 Å². The Balaban J connectivity index is 2.35. The van der Waals surface area contributed by atoms with Gasteiger partial charge in [0.15, 0.2) is 0 Å². The van der Waals surface area contributed by atoms with Crippen LogP contribution in [-0.4, -0.2) is 42.5 Å². The normalized spacial score (nSPS) is 23.8. The van der Waals surface area contributed by atoms with Gasteiger partial charge in [-0.1, -0.05) is 13.3 Å². The van der Waals surface area contributed by atoms with Crippen LogP contribution in [0.25, 0.3) is 0 Å². The van der Waals surface area contributed by atoms with Gasteiger partial charge in [-0.15, -0.1) is 0 Å². The van der Waals surface area contributed by atoms with Crippen LogP contribution in [0.2, 0.25) is 0 Å². The molecule has 2 atom stereocenters. The van der Waals surface area contributed by atoms with E-state index < -0.39 is 5.54 Å². The van der Waals surface area contributed by atoms with E-state index in [1.165, 1.54) is 0 Å². The minimum Gasteiger partial charge on any atom is -0.394 e. The largest absolute Gasteiger partial charge is 0.394 e. The molecule has 5 heteroatoms. The van der Waals surface area contributed by atoms with Crippen LogP contribution in [0, 0.1) is 0 Å². The van der Waals surface area contributed by atoms with Crippen LogP contribution >= 0.6 is 0 Å². The smallest absolute Gasteiger partial charge is 0.315 e. The molecular formula is C11H22N2O3. The number of carbonyl (C=O) groups is 1. The highest BCUT2D eigenvalue weighted by molar-refractivity contribution is 5.75. The van der Waals surface area contributed by atoms with Crippen LogP contribution in [0.3, 0.4) is 0 Å². The van der Waals surface area contributed by atoms with E-state index in [9.17, 15) is 9.90 Å². The number of amides is 2. The molecule has 94 valence electrons. The van der Waals surface area contributed by atoms with Crippen molar-refractivity contribution in [2.24, 2.45) is 0 Å². The van der Waals surface area contributed by atoms with Crippen molar-refractivity contribution in [2.45, 2.75) is 44.7 Å². The first-order chi connectivity index (χ1) is 7.59. The molecule has 1 aliphatic heterocycles. The van der Waals surface area contributed by atoms with Gasteiger partial charge < -0.3 is 20.5 Å². The van der Waals surface area contributed by atoms with Gasteiger partial charge in [0.1, 0.15) is 0 Å². The minimum absolute atomic E-state index is 0.0462. The summed E-state index contributed by atoms with van der Waals surface area (Å²) in [7, 11) is 0. The first-order valence-corrected chi connectivity index (χ1v) is 5.87. The number of aliphatic hydroxyl groups excluding tert-OH is 1. The first kappa shape index (κ1) is 13.3. The number of nitrogens with one attached hydrogen (secondary N) is 2. The van der Waals surface area contributed by atoms with Crippen molar-refractivity contribution >= 4 is 6.03 Å². The zero-order valence-corrected chi connectivity index (χ0v) is 10.1. The molecule has 0 radical (unpaired) electrons. The Morgan fingerprint density at radius 2 is 2.38 bits per heavy atom. The fourth-order valence-corrected chi connectivity index (χ4v) is 1.88. The summed E-state index contributed by atoms with van der Waals surface area (Å²) in [5.41, 5.74) is -0.529. The van der Waals surface area contributed by atoms with E-state index in [0.29, 0.717) is 13.2 Å². The van der Waals surface area contributed by atoms with Gasteiger partial charge in [0.25, 0.3) is 0 Å². The van der Waals surface area contributed by atoms with E-state index in [4.69, 9.17) is 4.74 Å². The number of rotatable bonds is 5. The van der Waals surface area contributed by atoms with Gasteiger partial charge in [-0.2, -0.15) is 0 Å². The van der Waals surface area contributed by atoms with E-state index in [1.54, 1.807) is 0 Å². The van der Waals surface area contributed by atoms with Gasteiger partial charge in [-0.3, -0.25) is 0 Å². The highest BCUT2D eigenvalue weighted by Gasteiger charge is 2.26. The Bertz CT molecular complexity index is 229. The van der Waals surface area contributed by atoms with Gasteiger partial charge >= 0.3 is 6.03 Å².